The van der Waals surface area contributed by atoms with Gasteiger partial charge in [0.15, 0.2) is 0 Å². The van der Waals surface area contributed by atoms with Gasteiger partial charge >= 0.3 is 0 Å². The molecule has 3 aliphatic rings. The molecule has 1 atom stereocenters. The minimum absolute atomic E-state index is 0.0743. The molecule has 7 heteroatoms. The fourth-order valence-corrected chi connectivity index (χ4v) is 5.00. The zero-order valence-electron chi connectivity index (χ0n) is 14.0. The first-order valence-electron chi connectivity index (χ1n) is 8.82. The molecule has 3 saturated heterocycles. The van der Waals surface area contributed by atoms with Crippen LogP contribution in [0.15, 0.2) is 11.6 Å². The first-order valence-corrected chi connectivity index (χ1v) is 9.70. The first kappa shape index (κ1) is 16.4. The van der Waals surface area contributed by atoms with Gasteiger partial charge in [0.1, 0.15) is 5.01 Å². The highest BCUT2D eigenvalue weighted by molar-refractivity contribution is 7.09. The molecule has 24 heavy (non-hydrogen) atoms. The molecule has 0 saturated carbocycles. The lowest BCUT2D eigenvalue weighted by Gasteiger charge is -2.40. The number of hydrogen-bond donors (Lipinski definition) is 0. The summed E-state index contributed by atoms with van der Waals surface area (Å²) in [5.74, 6) is 0.404. The molecule has 1 aromatic heterocycles. The molecule has 0 bridgehead atoms. The van der Waals surface area contributed by atoms with E-state index in [-0.39, 0.29) is 11.3 Å². The fourth-order valence-electron chi connectivity index (χ4n) is 4.34. The maximum atomic E-state index is 13.2. The summed E-state index contributed by atoms with van der Waals surface area (Å²) in [4.78, 5) is 22.1. The van der Waals surface area contributed by atoms with E-state index in [1.807, 2.05) is 16.5 Å². The standard InChI is InChI=1S/C17H25N3O3S/c21-16(20-4-8-23-9-5-20)14-11-19(12-15-18-3-10-24-15)13-17(14)1-6-22-7-2-17/h3,10,14H,1-2,4-9,11-13H2/t14-/m0/s1. The van der Waals surface area contributed by atoms with Crippen LogP contribution in [0.1, 0.15) is 17.8 Å². The fraction of sp³-hybridized carbons (Fsp3) is 0.765. The molecule has 3 aliphatic heterocycles. The molecule has 0 N–H and O–H groups in total. The average molecular weight is 351 g/mol. The van der Waals surface area contributed by atoms with Crippen LogP contribution in [0.5, 0.6) is 0 Å². The normalized spacial score (nSPS) is 27.7. The molecule has 3 fully saturated rings. The van der Waals surface area contributed by atoms with Gasteiger partial charge in [-0.15, -0.1) is 11.3 Å². The number of ether oxygens (including phenoxy) is 2. The van der Waals surface area contributed by atoms with Gasteiger partial charge in [-0.3, -0.25) is 9.69 Å². The van der Waals surface area contributed by atoms with Gasteiger partial charge in [0.25, 0.3) is 0 Å². The van der Waals surface area contributed by atoms with Crippen molar-refractivity contribution in [3.8, 4) is 0 Å². The summed E-state index contributed by atoms with van der Waals surface area (Å²) in [5, 5.41) is 3.16. The zero-order chi connectivity index (χ0) is 16.4. The van der Waals surface area contributed by atoms with Crippen LogP contribution in [0, 0.1) is 11.3 Å². The second kappa shape index (κ2) is 7.07. The maximum Gasteiger partial charge on any atom is 0.227 e. The summed E-state index contributed by atoms with van der Waals surface area (Å²) in [6, 6.07) is 0. The Bertz CT molecular complexity index is 553. The minimum atomic E-state index is 0.0743. The first-order chi connectivity index (χ1) is 11.8. The summed E-state index contributed by atoms with van der Waals surface area (Å²) < 4.78 is 11.0. The van der Waals surface area contributed by atoms with Crippen LogP contribution in [-0.2, 0) is 20.8 Å². The zero-order valence-corrected chi connectivity index (χ0v) is 14.8. The van der Waals surface area contributed by atoms with E-state index >= 15 is 0 Å². The molecule has 4 heterocycles. The number of carbonyl (C=O) groups excluding carboxylic acids is 1. The number of aromatic nitrogens is 1. The molecule has 1 spiro atoms. The van der Waals surface area contributed by atoms with Crippen molar-refractivity contribution in [2.75, 3.05) is 52.6 Å². The van der Waals surface area contributed by atoms with E-state index < -0.39 is 0 Å². The predicted octanol–water partition coefficient (Wildman–Crippen LogP) is 1.23. The third kappa shape index (κ3) is 3.22. The van der Waals surface area contributed by atoms with Crippen LogP contribution in [0.4, 0.5) is 0 Å². The lowest BCUT2D eigenvalue weighted by Crippen LogP contribution is -2.49. The van der Waals surface area contributed by atoms with Crippen LogP contribution in [-0.4, -0.2) is 73.3 Å². The number of morpholine rings is 1. The van der Waals surface area contributed by atoms with Crippen LogP contribution < -0.4 is 0 Å². The Kier molecular flexibility index (Phi) is 4.85. The molecule has 1 aromatic rings. The second-order valence-electron chi connectivity index (χ2n) is 7.06. The van der Waals surface area contributed by atoms with Gasteiger partial charge in [-0.25, -0.2) is 4.98 Å². The SMILES string of the molecule is O=C([C@@H]1CN(Cc2nccs2)CC12CCOCC2)N1CCOCC1. The maximum absolute atomic E-state index is 13.2. The lowest BCUT2D eigenvalue weighted by atomic mass is 9.71. The van der Waals surface area contributed by atoms with E-state index in [2.05, 4.69) is 9.88 Å². The van der Waals surface area contributed by atoms with Gasteiger partial charge in [0, 0.05) is 56.4 Å². The molecule has 1 amide bonds. The van der Waals surface area contributed by atoms with E-state index in [0.717, 1.165) is 63.8 Å². The molecular weight excluding hydrogens is 326 g/mol. The molecule has 4 rings (SSSR count). The second-order valence-corrected chi connectivity index (χ2v) is 8.04. The van der Waals surface area contributed by atoms with Gasteiger partial charge in [-0.2, -0.15) is 0 Å². The summed E-state index contributed by atoms with van der Waals surface area (Å²) in [5.41, 5.74) is 0.0743. The summed E-state index contributed by atoms with van der Waals surface area (Å²) in [6.07, 6.45) is 3.83. The van der Waals surface area contributed by atoms with Crippen molar-refractivity contribution >= 4 is 17.2 Å². The monoisotopic (exact) mass is 351 g/mol. The highest BCUT2D eigenvalue weighted by Crippen LogP contribution is 2.45. The number of carbonyl (C=O) groups is 1. The Morgan fingerprint density at radius 1 is 1.25 bits per heavy atom. The number of nitrogens with zero attached hydrogens (tertiary/aromatic N) is 3. The van der Waals surface area contributed by atoms with Crippen molar-refractivity contribution in [1.82, 2.24) is 14.8 Å². The number of hydrogen-bond acceptors (Lipinski definition) is 6. The van der Waals surface area contributed by atoms with E-state index in [9.17, 15) is 4.79 Å². The third-order valence-corrected chi connectivity index (χ3v) is 6.43. The molecule has 0 radical (unpaired) electrons. The van der Waals surface area contributed by atoms with E-state index in [1.54, 1.807) is 11.3 Å². The summed E-state index contributed by atoms with van der Waals surface area (Å²) in [6.45, 7) is 7.02. The molecule has 0 unspecified atom stereocenters. The topological polar surface area (TPSA) is 54.9 Å². The minimum Gasteiger partial charge on any atom is -0.381 e. The van der Waals surface area contributed by atoms with E-state index in [1.165, 1.54) is 0 Å². The average Bonchev–Trinajstić information content (AvgIpc) is 3.24. The van der Waals surface area contributed by atoms with Gasteiger partial charge in [-0.05, 0) is 12.8 Å². The van der Waals surface area contributed by atoms with Crippen molar-refractivity contribution in [1.29, 1.82) is 0 Å². The van der Waals surface area contributed by atoms with E-state index in [0.29, 0.717) is 19.1 Å². The predicted molar refractivity (Wildman–Crippen MR) is 90.8 cm³/mol. The van der Waals surface area contributed by atoms with E-state index in [4.69, 9.17) is 9.47 Å². The van der Waals surface area contributed by atoms with Gasteiger partial charge in [0.05, 0.1) is 25.7 Å². The van der Waals surface area contributed by atoms with Crippen LogP contribution >= 0.6 is 11.3 Å². The number of rotatable bonds is 3. The van der Waals surface area contributed by atoms with Crippen molar-refractivity contribution in [2.45, 2.75) is 19.4 Å². The Morgan fingerprint density at radius 3 is 2.71 bits per heavy atom. The Morgan fingerprint density at radius 2 is 2.00 bits per heavy atom. The highest BCUT2D eigenvalue weighted by atomic mass is 32.1. The summed E-state index contributed by atoms with van der Waals surface area (Å²) in [7, 11) is 0. The Balaban J connectivity index is 1.51. The van der Waals surface area contributed by atoms with Crippen molar-refractivity contribution in [2.24, 2.45) is 11.3 Å². The van der Waals surface area contributed by atoms with Crippen molar-refractivity contribution < 1.29 is 14.3 Å². The Labute approximate surface area is 146 Å². The van der Waals surface area contributed by atoms with Crippen LogP contribution in [0.25, 0.3) is 0 Å². The number of likely N-dealkylation sites (tertiary alicyclic amines) is 1. The van der Waals surface area contributed by atoms with Gasteiger partial charge < -0.3 is 14.4 Å². The van der Waals surface area contributed by atoms with Crippen LogP contribution in [0.3, 0.4) is 0 Å². The summed E-state index contributed by atoms with van der Waals surface area (Å²) >= 11 is 1.69. The third-order valence-electron chi connectivity index (χ3n) is 5.67. The smallest absolute Gasteiger partial charge is 0.227 e. The Hall–Kier alpha value is -1.02. The van der Waals surface area contributed by atoms with Crippen molar-refractivity contribution in [3.63, 3.8) is 0 Å². The van der Waals surface area contributed by atoms with Gasteiger partial charge in [-0.1, -0.05) is 0 Å². The largest absolute Gasteiger partial charge is 0.381 e. The highest BCUT2D eigenvalue weighted by Gasteiger charge is 2.51. The van der Waals surface area contributed by atoms with Crippen LogP contribution in [0.2, 0.25) is 0 Å². The number of thiazole rings is 1. The molecular formula is C17H25N3O3S. The molecule has 6 nitrogen and oxygen atoms in total. The lowest BCUT2D eigenvalue weighted by molar-refractivity contribution is -0.144. The van der Waals surface area contributed by atoms with Crippen molar-refractivity contribution in [3.05, 3.63) is 16.6 Å². The quantitative estimate of drug-likeness (QED) is 0.820. The molecule has 132 valence electrons. The molecule has 0 aromatic carbocycles. The number of amides is 1. The van der Waals surface area contributed by atoms with Gasteiger partial charge in [0.2, 0.25) is 5.91 Å². The molecule has 0 aliphatic carbocycles.